The molecule has 0 radical (unpaired) electrons. The molecule has 0 aromatic carbocycles. The molecule has 1 heteroatoms. The topological polar surface area (TPSA) is 0 Å². The van der Waals surface area contributed by atoms with E-state index in [0.29, 0.717) is 10.8 Å². The molecule has 0 aromatic heterocycles. The van der Waals surface area contributed by atoms with E-state index in [1.807, 2.05) is 5.57 Å². The third-order valence-electron chi connectivity index (χ3n) is 10.8. The third-order valence-corrected chi connectivity index (χ3v) is 10.8. The fraction of sp³-hybridized carbons (Fsp3) is 0.893. The Kier molecular flexibility index (Phi) is 8.37. The van der Waals surface area contributed by atoms with Gasteiger partial charge in [0.25, 0.3) is 0 Å². The van der Waals surface area contributed by atoms with Crippen molar-refractivity contribution in [1.82, 2.24) is 0 Å². The molecule has 0 nitrogen and oxygen atoms in total. The molecular weight excluding hydrogens is 375 g/mol. The predicted octanol–water partition coefficient (Wildman–Crippen LogP) is 5.48. The summed E-state index contributed by atoms with van der Waals surface area (Å²) >= 11 is 0. The molecule has 0 N–H and O–H groups in total. The van der Waals surface area contributed by atoms with E-state index in [9.17, 15) is 0 Å². The summed E-state index contributed by atoms with van der Waals surface area (Å²) < 4.78 is 0. The van der Waals surface area contributed by atoms with Crippen molar-refractivity contribution < 1.29 is 51.4 Å². The van der Waals surface area contributed by atoms with Crippen molar-refractivity contribution in [3.05, 3.63) is 18.1 Å². The van der Waals surface area contributed by atoms with Crippen LogP contribution in [0.1, 0.15) is 106 Å². The molecule has 0 bridgehead atoms. The van der Waals surface area contributed by atoms with Gasteiger partial charge in [-0.15, -0.1) is 0 Å². The van der Waals surface area contributed by atoms with E-state index in [0.717, 1.165) is 41.4 Å². The minimum absolute atomic E-state index is 0. The second kappa shape index (κ2) is 9.70. The predicted molar refractivity (Wildman–Crippen MR) is 122 cm³/mol. The Hall–Kier alpha value is 1.38. The third kappa shape index (κ3) is 4.45. The first kappa shape index (κ1) is 25.0. The van der Waals surface area contributed by atoms with Crippen molar-refractivity contribution in [1.29, 1.82) is 0 Å². The molecule has 0 aromatic rings. The van der Waals surface area contributed by atoms with Gasteiger partial charge in [0, 0.05) is 0 Å². The van der Waals surface area contributed by atoms with Gasteiger partial charge in [0.2, 0.25) is 0 Å². The van der Waals surface area contributed by atoms with Crippen LogP contribution in [0.3, 0.4) is 0 Å². The van der Waals surface area contributed by atoms with Gasteiger partial charge in [0.15, 0.2) is 0 Å². The van der Waals surface area contributed by atoms with Crippen LogP contribution in [0, 0.1) is 58.7 Å². The zero-order chi connectivity index (χ0) is 20.1. The van der Waals surface area contributed by atoms with Crippen molar-refractivity contribution >= 4 is 0 Å². The first-order chi connectivity index (χ1) is 13.3. The van der Waals surface area contributed by atoms with Crippen LogP contribution in [0.2, 0.25) is 0 Å². The van der Waals surface area contributed by atoms with Crippen LogP contribution >= 0.6 is 0 Å². The first-order valence-electron chi connectivity index (χ1n) is 12.8. The monoisotopic (exact) mass is 422 g/mol. The fourth-order valence-corrected chi connectivity index (χ4v) is 8.51. The van der Waals surface area contributed by atoms with Crippen molar-refractivity contribution in [3.63, 3.8) is 0 Å². The van der Waals surface area contributed by atoms with Gasteiger partial charge in [-0.3, -0.25) is 0 Å². The quantitative estimate of drug-likeness (QED) is 0.312. The summed E-state index contributed by atoms with van der Waals surface area (Å²) in [5.41, 5.74) is 2.98. The summed E-state index contributed by atoms with van der Waals surface area (Å²) in [6.45, 7) is 15.2. The van der Waals surface area contributed by atoms with Crippen LogP contribution in [0.5, 0.6) is 0 Å². The van der Waals surface area contributed by atoms with Crippen LogP contribution in [0.15, 0.2) is 11.6 Å². The van der Waals surface area contributed by atoms with E-state index in [1.54, 1.807) is 0 Å². The minimum atomic E-state index is 0. The van der Waals surface area contributed by atoms with Crippen molar-refractivity contribution in [2.45, 2.75) is 106 Å². The molecule has 4 rings (SSSR count). The number of hydrogen-bond donors (Lipinski definition) is 0. The van der Waals surface area contributed by atoms with E-state index >= 15 is 0 Å². The van der Waals surface area contributed by atoms with Gasteiger partial charge in [0.05, 0.1) is 0 Å². The zero-order valence-corrected chi connectivity index (χ0v) is 23.9. The Bertz CT molecular complexity index is 591. The Balaban J connectivity index is 0.00000240. The number of fused-ring (bicyclic) bond motifs is 5. The minimum Gasteiger partial charge on any atom is -0.325 e. The van der Waals surface area contributed by atoms with Gasteiger partial charge in [-0.2, -0.15) is 12.8 Å². The molecule has 8 atom stereocenters. The fourth-order valence-electron chi connectivity index (χ4n) is 8.51. The van der Waals surface area contributed by atoms with Gasteiger partial charge in [-0.1, -0.05) is 72.5 Å². The Morgan fingerprint density at radius 3 is 2.48 bits per heavy atom. The van der Waals surface area contributed by atoms with Gasteiger partial charge < -0.3 is 6.42 Å². The van der Waals surface area contributed by atoms with Crippen LogP contribution in [0.25, 0.3) is 0 Å². The van der Waals surface area contributed by atoms with Gasteiger partial charge >= 0.3 is 51.4 Å². The van der Waals surface area contributed by atoms with Crippen LogP contribution in [0.4, 0.5) is 0 Å². The maximum atomic E-state index is 2.73. The summed E-state index contributed by atoms with van der Waals surface area (Å²) in [6, 6.07) is 0. The SMILES string of the molecule is CC(C)C(C)CCC(C)C1CCC2C3CC=C4C[CH-]CCC4(C)C3CCC12C.[K+]. The van der Waals surface area contributed by atoms with E-state index < -0.39 is 0 Å². The molecule has 4 aliphatic rings. The molecule has 8 unspecified atom stereocenters. The number of hydrogen-bond acceptors (Lipinski definition) is 0. The second-order valence-corrected chi connectivity index (χ2v) is 12.3. The molecule has 0 spiro atoms. The van der Waals surface area contributed by atoms with Crippen LogP contribution in [-0.2, 0) is 0 Å². The number of rotatable bonds is 5. The molecule has 0 saturated heterocycles. The normalized spacial score (nSPS) is 43.5. The second-order valence-electron chi connectivity index (χ2n) is 12.3. The standard InChI is InChI=1S/C28H47.K/c1-19(2)20(3)10-11-21(4)24-14-15-25-23-13-12-22-9-7-8-17-27(22,5)26(23)16-18-28(24,25)6;/h7,12,19-21,23-26H,8-11,13-18H2,1-6H3;/q-1;+1. The average molecular weight is 423 g/mol. The Labute approximate surface area is 225 Å². The van der Waals surface area contributed by atoms with E-state index in [1.165, 1.54) is 64.2 Å². The molecular formula is C28H47K. The summed E-state index contributed by atoms with van der Waals surface area (Å²) in [6.07, 6.45) is 19.7. The summed E-state index contributed by atoms with van der Waals surface area (Å²) in [5, 5.41) is 0. The molecule has 0 amide bonds. The summed E-state index contributed by atoms with van der Waals surface area (Å²) in [5.74, 6) is 6.59. The first-order valence-corrected chi connectivity index (χ1v) is 12.8. The van der Waals surface area contributed by atoms with E-state index in [2.05, 4.69) is 54.0 Å². The van der Waals surface area contributed by atoms with Crippen molar-refractivity contribution in [2.24, 2.45) is 52.3 Å². The molecule has 4 aliphatic carbocycles. The maximum Gasteiger partial charge on any atom is 1.00 e. The zero-order valence-electron chi connectivity index (χ0n) is 20.8. The van der Waals surface area contributed by atoms with E-state index in [-0.39, 0.29) is 51.4 Å². The molecule has 160 valence electrons. The largest absolute Gasteiger partial charge is 1.00 e. The summed E-state index contributed by atoms with van der Waals surface area (Å²) in [4.78, 5) is 0. The average Bonchev–Trinajstić information content (AvgIpc) is 3.02. The van der Waals surface area contributed by atoms with Gasteiger partial charge in [-0.25, -0.2) is 0 Å². The Morgan fingerprint density at radius 1 is 1.00 bits per heavy atom. The molecule has 3 saturated carbocycles. The molecule has 0 aliphatic heterocycles. The Morgan fingerprint density at radius 2 is 1.76 bits per heavy atom. The van der Waals surface area contributed by atoms with Crippen LogP contribution < -0.4 is 51.4 Å². The van der Waals surface area contributed by atoms with Crippen molar-refractivity contribution in [2.75, 3.05) is 0 Å². The van der Waals surface area contributed by atoms with Crippen molar-refractivity contribution in [3.8, 4) is 0 Å². The molecule has 29 heavy (non-hydrogen) atoms. The molecule has 3 fully saturated rings. The van der Waals surface area contributed by atoms with E-state index in [4.69, 9.17) is 0 Å². The summed E-state index contributed by atoms with van der Waals surface area (Å²) in [7, 11) is 0. The smallest absolute Gasteiger partial charge is 0.325 e. The van der Waals surface area contributed by atoms with Gasteiger partial charge in [-0.05, 0) is 84.4 Å². The maximum absolute atomic E-state index is 2.73. The molecule has 0 heterocycles. The number of allylic oxidation sites excluding steroid dienone is 2. The van der Waals surface area contributed by atoms with Crippen LogP contribution in [-0.4, -0.2) is 0 Å². The van der Waals surface area contributed by atoms with Gasteiger partial charge in [0.1, 0.15) is 0 Å².